The smallest absolute Gasteiger partial charge is 0.270 e. The van der Waals surface area contributed by atoms with Gasteiger partial charge in [0.05, 0.1) is 4.92 Å². The van der Waals surface area contributed by atoms with Gasteiger partial charge in [0, 0.05) is 28.8 Å². The molecular formula is C15H21BrN2O2. The predicted molar refractivity (Wildman–Crippen MR) is 85.0 cm³/mol. The van der Waals surface area contributed by atoms with Crippen molar-refractivity contribution in [3.05, 3.63) is 32.8 Å². The number of hydrogen-bond donors (Lipinski definition) is 1. The summed E-state index contributed by atoms with van der Waals surface area (Å²) in [5.74, 6) is 1.72. The molecule has 1 N–H and O–H groups in total. The zero-order valence-electron chi connectivity index (χ0n) is 11.8. The van der Waals surface area contributed by atoms with Crippen LogP contribution in [0.1, 0.15) is 39.0 Å². The minimum absolute atomic E-state index is 0.115. The molecule has 2 rings (SSSR count). The maximum atomic E-state index is 10.7. The highest BCUT2D eigenvalue weighted by molar-refractivity contribution is 9.10. The fraction of sp³-hybridized carbons (Fsp3) is 0.600. The number of non-ortho nitro benzene ring substituents is 1. The second-order valence-corrected chi connectivity index (χ2v) is 6.62. The average molecular weight is 341 g/mol. The lowest BCUT2D eigenvalue weighted by molar-refractivity contribution is -0.384. The molecule has 1 saturated carbocycles. The van der Waals surface area contributed by atoms with E-state index < -0.39 is 0 Å². The van der Waals surface area contributed by atoms with E-state index in [1.807, 2.05) is 0 Å². The number of benzene rings is 1. The maximum absolute atomic E-state index is 10.7. The Bertz CT molecular complexity index is 471. The van der Waals surface area contributed by atoms with Crippen molar-refractivity contribution in [1.29, 1.82) is 0 Å². The van der Waals surface area contributed by atoms with Gasteiger partial charge >= 0.3 is 0 Å². The van der Waals surface area contributed by atoms with Crippen LogP contribution in [0.5, 0.6) is 0 Å². The van der Waals surface area contributed by atoms with Gasteiger partial charge in [-0.2, -0.15) is 0 Å². The molecule has 0 spiro atoms. The fourth-order valence-electron chi connectivity index (χ4n) is 2.79. The number of nitro groups is 1. The number of hydrogen-bond acceptors (Lipinski definition) is 3. The van der Waals surface area contributed by atoms with Gasteiger partial charge in [-0.15, -0.1) is 0 Å². The first-order chi connectivity index (χ1) is 9.56. The quantitative estimate of drug-likeness (QED) is 0.607. The number of nitrogens with one attached hydrogen (secondary N) is 1. The van der Waals surface area contributed by atoms with Crippen LogP contribution in [0.15, 0.2) is 22.7 Å². The van der Waals surface area contributed by atoms with E-state index in [4.69, 9.17) is 0 Å². The van der Waals surface area contributed by atoms with Gasteiger partial charge in [-0.05, 0) is 40.3 Å². The third kappa shape index (κ3) is 4.20. The molecule has 1 aromatic rings. The lowest BCUT2D eigenvalue weighted by atomic mass is 9.81. The Morgan fingerprint density at radius 3 is 2.65 bits per heavy atom. The van der Waals surface area contributed by atoms with Gasteiger partial charge in [0.25, 0.3) is 5.69 Å². The SMILES string of the molecule is CC1CCC(CCNc2ccc([N+](=O)[O-])cc2Br)CC1. The molecule has 0 heterocycles. The van der Waals surface area contributed by atoms with E-state index >= 15 is 0 Å². The molecule has 0 aliphatic heterocycles. The molecule has 0 saturated heterocycles. The summed E-state index contributed by atoms with van der Waals surface area (Å²) in [5, 5.41) is 14.0. The third-order valence-corrected chi connectivity index (χ3v) is 4.82. The second-order valence-electron chi connectivity index (χ2n) is 5.76. The van der Waals surface area contributed by atoms with Gasteiger partial charge < -0.3 is 5.32 Å². The molecule has 1 aromatic carbocycles. The van der Waals surface area contributed by atoms with Gasteiger partial charge in [-0.25, -0.2) is 0 Å². The summed E-state index contributed by atoms with van der Waals surface area (Å²) in [6.07, 6.45) is 6.56. The molecule has 20 heavy (non-hydrogen) atoms. The first-order valence-corrected chi connectivity index (χ1v) is 8.03. The Morgan fingerprint density at radius 2 is 2.05 bits per heavy atom. The van der Waals surface area contributed by atoms with Gasteiger partial charge in [-0.3, -0.25) is 10.1 Å². The summed E-state index contributed by atoms with van der Waals surface area (Å²) >= 11 is 3.38. The van der Waals surface area contributed by atoms with E-state index in [0.29, 0.717) is 0 Å². The molecule has 0 radical (unpaired) electrons. The summed E-state index contributed by atoms with van der Waals surface area (Å²) in [6.45, 7) is 3.26. The van der Waals surface area contributed by atoms with Crippen molar-refractivity contribution in [3.8, 4) is 0 Å². The van der Waals surface area contributed by atoms with Crippen LogP contribution >= 0.6 is 15.9 Å². The van der Waals surface area contributed by atoms with Crippen molar-refractivity contribution in [2.45, 2.75) is 39.0 Å². The van der Waals surface area contributed by atoms with Crippen LogP contribution in [0.25, 0.3) is 0 Å². The molecule has 110 valence electrons. The van der Waals surface area contributed by atoms with Crippen LogP contribution in [0.3, 0.4) is 0 Å². The third-order valence-electron chi connectivity index (χ3n) is 4.17. The van der Waals surface area contributed by atoms with Crippen molar-refractivity contribution in [2.24, 2.45) is 11.8 Å². The lowest BCUT2D eigenvalue weighted by Gasteiger charge is -2.26. The molecule has 0 aromatic heterocycles. The van der Waals surface area contributed by atoms with E-state index in [9.17, 15) is 10.1 Å². The van der Waals surface area contributed by atoms with E-state index in [1.165, 1.54) is 38.2 Å². The number of anilines is 1. The summed E-state index contributed by atoms with van der Waals surface area (Å²) < 4.78 is 0.754. The minimum atomic E-state index is -0.377. The summed E-state index contributed by atoms with van der Waals surface area (Å²) in [5.41, 5.74) is 1.04. The average Bonchev–Trinajstić information content (AvgIpc) is 2.42. The van der Waals surface area contributed by atoms with Crippen molar-refractivity contribution >= 4 is 27.3 Å². The van der Waals surface area contributed by atoms with Crippen LogP contribution in [0.4, 0.5) is 11.4 Å². The van der Waals surface area contributed by atoms with Crippen molar-refractivity contribution in [3.63, 3.8) is 0 Å². The largest absolute Gasteiger partial charge is 0.384 e. The molecule has 0 bridgehead atoms. The molecule has 0 unspecified atom stereocenters. The molecule has 4 nitrogen and oxygen atoms in total. The van der Waals surface area contributed by atoms with Crippen molar-refractivity contribution < 1.29 is 4.92 Å². The summed E-state index contributed by atoms with van der Waals surface area (Å²) in [7, 11) is 0. The molecule has 1 aliphatic carbocycles. The number of halogens is 1. The Kier molecular flexibility index (Phi) is 5.40. The van der Waals surface area contributed by atoms with E-state index in [1.54, 1.807) is 12.1 Å². The van der Waals surface area contributed by atoms with E-state index in [2.05, 4.69) is 28.2 Å². The molecule has 5 heteroatoms. The molecule has 1 aliphatic rings. The van der Waals surface area contributed by atoms with E-state index in [0.717, 1.165) is 28.5 Å². The first kappa shape index (κ1) is 15.3. The number of nitro benzene ring substituents is 1. The molecule has 0 amide bonds. The van der Waals surface area contributed by atoms with Gasteiger partial charge in [0.15, 0.2) is 0 Å². The molecule has 1 fully saturated rings. The second kappa shape index (κ2) is 7.07. The minimum Gasteiger partial charge on any atom is -0.384 e. The van der Waals surface area contributed by atoms with Gasteiger partial charge in [0.2, 0.25) is 0 Å². The summed E-state index contributed by atoms with van der Waals surface area (Å²) in [6, 6.07) is 4.85. The zero-order chi connectivity index (χ0) is 14.5. The fourth-order valence-corrected chi connectivity index (χ4v) is 3.30. The van der Waals surface area contributed by atoms with Crippen LogP contribution in [-0.4, -0.2) is 11.5 Å². The summed E-state index contributed by atoms with van der Waals surface area (Å²) in [4.78, 5) is 10.3. The Balaban J connectivity index is 1.81. The number of rotatable bonds is 5. The van der Waals surface area contributed by atoms with Crippen molar-refractivity contribution in [2.75, 3.05) is 11.9 Å². The highest BCUT2D eigenvalue weighted by Gasteiger charge is 2.17. The maximum Gasteiger partial charge on any atom is 0.270 e. The number of nitrogens with zero attached hydrogens (tertiary/aromatic N) is 1. The lowest BCUT2D eigenvalue weighted by Crippen LogP contribution is -2.15. The standard InChI is InChI=1S/C15H21BrN2O2/c1-11-2-4-12(5-3-11)8-9-17-15-7-6-13(18(19)20)10-14(15)16/h6-7,10-12,17H,2-5,8-9H2,1H3. The Morgan fingerprint density at radius 1 is 1.35 bits per heavy atom. The first-order valence-electron chi connectivity index (χ1n) is 7.24. The van der Waals surface area contributed by atoms with Crippen LogP contribution in [0, 0.1) is 22.0 Å². The normalized spacial score (nSPS) is 22.5. The highest BCUT2D eigenvalue weighted by atomic mass is 79.9. The van der Waals surface area contributed by atoms with Crippen molar-refractivity contribution in [1.82, 2.24) is 0 Å². The van der Waals surface area contributed by atoms with E-state index in [-0.39, 0.29) is 10.6 Å². The monoisotopic (exact) mass is 340 g/mol. The van der Waals surface area contributed by atoms with Gasteiger partial charge in [0.1, 0.15) is 0 Å². The highest BCUT2D eigenvalue weighted by Crippen LogP contribution is 2.31. The van der Waals surface area contributed by atoms with Gasteiger partial charge in [-0.1, -0.05) is 32.6 Å². The molecule has 0 atom stereocenters. The zero-order valence-corrected chi connectivity index (χ0v) is 13.4. The Hall–Kier alpha value is -1.10. The predicted octanol–water partition coefficient (Wildman–Crippen LogP) is 4.99. The van der Waals surface area contributed by atoms with Crippen LogP contribution < -0.4 is 5.32 Å². The van der Waals surface area contributed by atoms with Crippen LogP contribution in [-0.2, 0) is 0 Å². The molecular weight excluding hydrogens is 320 g/mol. The topological polar surface area (TPSA) is 55.2 Å². The Labute approximate surface area is 128 Å². The van der Waals surface area contributed by atoms with Crippen LogP contribution in [0.2, 0.25) is 0 Å².